The van der Waals surface area contributed by atoms with Gasteiger partial charge in [-0.2, -0.15) is 0 Å². The second-order valence-electron chi connectivity index (χ2n) is 5.10. The highest BCUT2D eigenvalue weighted by molar-refractivity contribution is 5.79. The Labute approximate surface area is 115 Å². The fraction of sp³-hybridized carbons (Fsp3) is 0.462. The standard InChI is InChI=1S/C13H16N2O5/c1-8-10(15(18)19)3-2-4-11(8)20-9-5-6-13(14,7-9)12(16)17/h2-4,9H,5-7,14H2,1H3,(H,16,17). The summed E-state index contributed by atoms with van der Waals surface area (Å²) in [6.07, 6.45) is 0.716. The molecule has 3 N–H and O–H groups in total. The summed E-state index contributed by atoms with van der Waals surface area (Å²) in [6.45, 7) is 1.61. The van der Waals surface area contributed by atoms with Gasteiger partial charge in [0.1, 0.15) is 17.4 Å². The SMILES string of the molecule is Cc1c(OC2CCC(N)(C(=O)O)C2)cccc1[N+](=O)[O-]. The van der Waals surface area contributed by atoms with Crippen LogP contribution < -0.4 is 10.5 Å². The number of carboxylic acids is 1. The predicted octanol–water partition coefficient (Wildman–Crippen LogP) is 1.62. The number of carboxylic acid groups (broad SMARTS) is 1. The first-order valence-electron chi connectivity index (χ1n) is 6.26. The Morgan fingerprint density at radius 1 is 1.60 bits per heavy atom. The Kier molecular flexibility index (Phi) is 3.63. The maximum atomic E-state index is 11.1. The molecule has 0 amide bonds. The third kappa shape index (κ3) is 2.57. The summed E-state index contributed by atoms with van der Waals surface area (Å²) in [4.78, 5) is 21.4. The lowest BCUT2D eigenvalue weighted by molar-refractivity contribution is -0.385. The lowest BCUT2D eigenvalue weighted by Gasteiger charge is -2.19. The monoisotopic (exact) mass is 280 g/mol. The van der Waals surface area contributed by atoms with Gasteiger partial charge in [-0.15, -0.1) is 0 Å². The smallest absolute Gasteiger partial charge is 0.323 e. The Bertz CT molecular complexity index is 560. The minimum absolute atomic E-state index is 0.0160. The Morgan fingerprint density at radius 3 is 2.85 bits per heavy atom. The third-order valence-electron chi connectivity index (χ3n) is 3.68. The molecule has 108 valence electrons. The van der Waals surface area contributed by atoms with Crippen molar-refractivity contribution in [2.45, 2.75) is 37.8 Å². The van der Waals surface area contributed by atoms with Gasteiger partial charge >= 0.3 is 5.97 Å². The molecule has 0 spiro atoms. The normalized spacial score (nSPS) is 25.4. The molecule has 2 rings (SSSR count). The summed E-state index contributed by atoms with van der Waals surface area (Å²) in [7, 11) is 0. The molecule has 0 radical (unpaired) electrons. The van der Waals surface area contributed by atoms with E-state index < -0.39 is 16.4 Å². The van der Waals surface area contributed by atoms with Crippen LogP contribution in [0.2, 0.25) is 0 Å². The van der Waals surface area contributed by atoms with E-state index in [0.29, 0.717) is 24.2 Å². The number of nitro benzene ring substituents is 1. The lowest BCUT2D eigenvalue weighted by Crippen LogP contribution is -2.46. The summed E-state index contributed by atoms with van der Waals surface area (Å²) in [6, 6.07) is 4.59. The van der Waals surface area contributed by atoms with Gasteiger partial charge in [0.15, 0.2) is 0 Å². The fourth-order valence-corrected chi connectivity index (χ4v) is 2.43. The zero-order valence-electron chi connectivity index (χ0n) is 11.0. The van der Waals surface area contributed by atoms with E-state index in [1.54, 1.807) is 19.1 Å². The van der Waals surface area contributed by atoms with Gasteiger partial charge in [-0.05, 0) is 25.8 Å². The van der Waals surface area contributed by atoms with Gasteiger partial charge in [-0.1, -0.05) is 6.07 Å². The number of aliphatic carboxylic acids is 1. The molecule has 0 aliphatic heterocycles. The molecule has 20 heavy (non-hydrogen) atoms. The molecule has 0 aromatic heterocycles. The minimum atomic E-state index is -1.26. The molecule has 2 unspecified atom stereocenters. The first kappa shape index (κ1) is 14.3. The number of nitrogens with zero attached hydrogens (tertiary/aromatic N) is 1. The molecule has 0 heterocycles. The molecule has 1 aromatic rings. The fourth-order valence-electron chi connectivity index (χ4n) is 2.43. The highest BCUT2D eigenvalue weighted by Crippen LogP contribution is 2.34. The number of hydrogen-bond donors (Lipinski definition) is 2. The zero-order valence-corrected chi connectivity index (χ0v) is 11.0. The van der Waals surface area contributed by atoms with Gasteiger partial charge in [0.05, 0.1) is 10.5 Å². The van der Waals surface area contributed by atoms with Crippen LogP contribution in [-0.4, -0.2) is 27.6 Å². The minimum Gasteiger partial charge on any atom is -0.490 e. The third-order valence-corrected chi connectivity index (χ3v) is 3.68. The molecule has 1 fully saturated rings. The van der Waals surface area contributed by atoms with Crippen molar-refractivity contribution in [3.63, 3.8) is 0 Å². The first-order chi connectivity index (χ1) is 9.33. The van der Waals surface area contributed by atoms with Crippen molar-refractivity contribution in [2.75, 3.05) is 0 Å². The summed E-state index contributed by atoms with van der Waals surface area (Å²) >= 11 is 0. The summed E-state index contributed by atoms with van der Waals surface area (Å²) < 4.78 is 5.69. The van der Waals surface area contributed by atoms with Crippen LogP contribution in [0.4, 0.5) is 5.69 Å². The average Bonchev–Trinajstić information content (AvgIpc) is 2.75. The molecular formula is C13H16N2O5. The van der Waals surface area contributed by atoms with E-state index in [4.69, 9.17) is 15.6 Å². The largest absolute Gasteiger partial charge is 0.490 e. The maximum absolute atomic E-state index is 11.1. The van der Waals surface area contributed by atoms with Gasteiger partial charge in [0.25, 0.3) is 5.69 Å². The number of hydrogen-bond acceptors (Lipinski definition) is 5. The molecule has 7 nitrogen and oxygen atoms in total. The van der Waals surface area contributed by atoms with Crippen LogP contribution in [-0.2, 0) is 4.79 Å². The van der Waals surface area contributed by atoms with Crippen molar-refractivity contribution in [3.8, 4) is 5.75 Å². The lowest BCUT2D eigenvalue weighted by atomic mass is 10.00. The summed E-state index contributed by atoms with van der Waals surface area (Å²) in [5.41, 5.74) is 4.93. The highest BCUT2D eigenvalue weighted by atomic mass is 16.6. The predicted molar refractivity (Wildman–Crippen MR) is 70.7 cm³/mol. The van der Waals surface area contributed by atoms with Gasteiger partial charge in [-0.25, -0.2) is 0 Å². The second-order valence-corrected chi connectivity index (χ2v) is 5.10. The molecule has 1 aliphatic carbocycles. The molecule has 0 saturated heterocycles. The van der Waals surface area contributed by atoms with Crippen molar-refractivity contribution in [2.24, 2.45) is 5.73 Å². The van der Waals surface area contributed by atoms with E-state index in [2.05, 4.69) is 0 Å². The Hall–Kier alpha value is -2.15. The van der Waals surface area contributed by atoms with E-state index in [-0.39, 0.29) is 18.2 Å². The van der Waals surface area contributed by atoms with E-state index in [1.807, 2.05) is 0 Å². The molecule has 1 aromatic carbocycles. The van der Waals surface area contributed by atoms with Crippen molar-refractivity contribution in [1.29, 1.82) is 0 Å². The zero-order chi connectivity index (χ0) is 14.9. The van der Waals surface area contributed by atoms with Crippen molar-refractivity contribution < 1.29 is 19.6 Å². The van der Waals surface area contributed by atoms with Crippen LogP contribution in [0, 0.1) is 17.0 Å². The first-order valence-corrected chi connectivity index (χ1v) is 6.26. The van der Waals surface area contributed by atoms with Gasteiger partial charge in [-0.3, -0.25) is 14.9 Å². The quantitative estimate of drug-likeness (QED) is 0.639. The number of nitro groups is 1. The van der Waals surface area contributed by atoms with E-state index in [1.165, 1.54) is 6.07 Å². The van der Waals surface area contributed by atoms with Crippen LogP contribution in [0.3, 0.4) is 0 Å². The Balaban J connectivity index is 2.15. The maximum Gasteiger partial charge on any atom is 0.323 e. The van der Waals surface area contributed by atoms with Crippen LogP contribution in [0.5, 0.6) is 5.75 Å². The summed E-state index contributed by atoms with van der Waals surface area (Å²) in [5, 5.41) is 19.9. The van der Waals surface area contributed by atoms with E-state index in [9.17, 15) is 14.9 Å². The van der Waals surface area contributed by atoms with E-state index in [0.717, 1.165) is 0 Å². The number of carbonyl (C=O) groups is 1. The number of nitrogens with two attached hydrogens (primary N) is 1. The second kappa shape index (κ2) is 5.09. The molecule has 1 aliphatic rings. The number of benzene rings is 1. The van der Waals surface area contributed by atoms with Crippen molar-refractivity contribution in [3.05, 3.63) is 33.9 Å². The molecular weight excluding hydrogens is 264 g/mol. The number of ether oxygens (including phenoxy) is 1. The summed E-state index contributed by atoms with van der Waals surface area (Å²) in [5.74, 6) is -0.641. The van der Waals surface area contributed by atoms with Crippen molar-refractivity contribution in [1.82, 2.24) is 0 Å². The van der Waals surface area contributed by atoms with Gasteiger partial charge < -0.3 is 15.6 Å². The average molecular weight is 280 g/mol. The van der Waals surface area contributed by atoms with Crippen LogP contribution in [0.1, 0.15) is 24.8 Å². The molecule has 7 heteroatoms. The molecule has 2 atom stereocenters. The highest BCUT2D eigenvalue weighted by Gasteiger charge is 2.43. The van der Waals surface area contributed by atoms with Crippen LogP contribution in [0.25, 0.3) is 0 Å². The topological polar surface area (TPSA) is 116 Å². The van der Waals surface area contributed by atoms with Crippen LogP contribution >= 0.6 is 0 Å². The molecule has 0 bridgehead atoms. The van der Waals surface area contributed by atoms with Crippen LogP contribution in [0.15, 0.2) is 18.2 Å². The van der Waals surface area contributed by atoms with Crippen molar-refractivity contribution >= 4 is 11.7 Å². The Morgan fingerprint density at radius 2 is 2.30 bits per heavy atom. The van der Waals surface area contributed by atoms with Gasteiger partial charge in [0, 0.05) is 12.5 Å². The number of rotatable bonds is 4. The van der Waals surface area contributed by atoms with Gasteiger partial charge in [0.2, 0.25) is 0 Å². The van der Waals surface area contributed by atoms with E-state index >= 15 is 0 Å². The molecule has 1 saturated carbocycles.